The number of benzene rings is 3. The molecular weight excluding hydrogens is 414 g/mol. The van der Waals surface area contributed by atoms with E-state index in [0.717, 1.165) is 22.2 Å². The van der Waals surface area contributed by atoms with Crippen molar-refractivity contribution in [1.82, 2.24) is 19.5 Å². The Morgan fingerprint density at radius 1 is 0.844 bits per heavy atom. The number of imidazole rings is 1. The third-order valence-electron chi connectivity index (χ3n) is 5.12. The van der Waals surface area contributed by atoms with Crippen LogP contribution in [-0.2, 0) is 5.75 Å². The van der Waals surface area contributed by atoms with Gasteiger partial charge in [-0.05, 0) is 24.6 Å². The van der Waals surface area contributed by atoms with Crippen molar-refractivity contribution < 1.29 is 0 Å². The number of nitriles is 1. The summed E-state index contributed by atoms with van der Waals surface area (Å²) < 4.78 is 2.03. The predicted molar refractivity (Wildman–Crippen MR) is 128 cm³/mol. The summed E-state index contributed by atoms with van der Waals surface area (Å²) in [7, 11) is 0. The molecule has 32 heavy (non-hydrogen) atoms. The van der Waals surface area contributed by atoms with E-state index in [2.05, 4.69) is 54.4 Å². The molecule has 0 aliphatic carbocycles. The van der Waals surface area contributed by atoms with Crippen molar-refractivity contribution in [2.75, 3.05) is 0 Å². The van der Waals surface area contributed by atoms with Crippen LogP contribution in [0.5, 0.6) is 0 Å². The quantitative estimate of drug-likeness (QED) is 0.320. The highest BCUT2D eigenvalue weighted by Gasteiger charge is 2.20. The lowest BCUT2D eigenvalue weighted by molar-refractivity contribution is 0.908. The van der Waals surface area contributed by atoms with Crippen LogP contribution in [-0.4, -0.2) is 19.5 Å². The van der Waals surface area contributed by atoms with Crippen LogP contribution in [0.2, 0.25) is 0 Å². The smallest absolute Gasteiger partial charge is 0.175 e. The van der Waals surface area contributed by atoms with E-state index < -0.39 is 0 Å². The van der Waals surface area contributed by atoms with Crippen molar-refractivity contribution in [2.24, 2.45) is 0 Å². The molecule has 0 spiro atoms. The minimum absolute atomic E-state index is 0.279. The van der Waals surface area contributed by atoms with E-state index in [1.807, 2.05) is 53.1 Å². The van der Waals surface area contributed by atoms with Gasteiger partial charge in [0.15, 0.2) is 22.3 Å². The maximum absolute atomic E-state index is 9.83. The first-order chi connectivity index (χ1) is 15.7. The fourth-order valence-corrected chi connectivity index (χ4v) is 4.44. The number of rotatable bonds is 5. The van der Waals surface area contributed by atoms with Gasteiger partial charge < -0.3 is 0 Å². The molecular formula is C26H19N5S. The monoisotopic (exact) mass is 433 g/mol. The zero-order valence-corrected chi connectivity index (χ0v) is 18.3. The summed E-state index contributed by atoms with van der Waals surface area (Å²) in [5.74, 6) is 1.28. The molecule has 154 valence electrons. The molecule has 0 aliphatic heterocycles. The summed E-state index contributed by atoms with van der Waals surface area (Å²) in [5, 5.41) is 10.6. The Balaban J connectivity index is 1.70. The Hall–Kier alpha value is -3.95. The maximum Gasteiger partial charge on any atom is 0.175 e. The van der Waals surface area contributed by atoms with E-state index >= 15 is 0 Å². The second kappa shape index (κ2) is 8.66. The van der Waals surface area contributed by atoms with Gasteiger partial charge in [-0.1, -0.05) is 90.1 Å². The average molecular weight is 434 g/mol. The Labute approximate surface area is 190 Å². The van der Waals surface area contributed by atoms with Crippen molar-refractivity contribution in [1.29, 1.82) is 5.26 Å². The number of thioether (sulfide) groups is 1. The molecule has 6 heteroatoms. The summed E-state index contributed by atoms with van der Waals surface area (Å²) in [4.78, 5) is 14.2. The number of nitrogens with zero attached hydrogens (tertiary/aromatic N) is 5. The van der Waals surface area contributed by atoms with Crippen LogP contribution in [0.4, 0.5) is 0 Å². The van der Waals surface area contributed by atoms with E-state index in [9.17, 15) is 5.26 Å². The van der Waals surface area contributed by atoms with Gasteiger partial charge >= 0.3 is 0 Å². The lowest BCUT2D eigenvalue weighted by Gasteiger charge is -2.09. The predicted octanol–water partition coefficient (Wildman–Crippen LogP) is 5.95. The summed E-state index contributed by atoms with van der Waals surface area (Å²) in [6.07, 6.45) is 0. The molecule has 5 aromatic rings. The van der Waals surface area contributed by atoms with E-state index in [1.54, 1.807) is 11.8 Å². The maximum atomic E-state index is 9.83. The molecule has 0 bridgehead atoms. The first kappa shape index (κ1) is 20.0. The fourth-order valence-electron chi connectivity index (χ4n) is 3.48. The van der Waals surface area contributed by atoms with Crippen molar-refractivity contribution in [2.45, 2.75) is 17.8 Å². The summed E-state index contributed by atoms with van der Waals surface area (Å²) in [6.45, 7) is 2.06. The van der Waals surface area contributed by atoms with Crippen molar-refractivity contribution >= 4 is 22.9 Å². The van der Waals surface area contributed by atoms with Crippen LogP contribution in [0, 0.1) is 18.3 Å². The van der Waals surface area contributed by atoms with Gasteiger partial charge in [0.05, 0.1) is 0 Å². The van der Waals surface area contributed by atoms with E-state index in [1.165, 1.54) is 11.1 Å². The van der Waals surface area contributed by atoms with Crippen molar-refractivity contribution in [3.63, 3.8) is 0 Å². The molecule has 0 fully saturated rings. The summed E-state index contributed by atoms with van der Waals surface area (Å²) in [5.41, 5.74) is 5.63. The molecule has 0 unspecified atom stereocenters. The minimum atomic E-state index is 0.279. The van der Waals surface area contributed by atoms with Gasteiger partial charge in [-0.15, -0.1) is 0 Å². The zero-order chi connectivity index (χ0) is 21.9. The second-order valence-electron chi connectivity index (χ2n) is 7.39. The highest BCUT2D eigenvalue weighted by Crippen LogP contribution is 2.31. The van der Waals surface area contributed by atoms with Gasteiger partial charge in [-0.3, -0.25) is 4.57 Å². The number of hydrogen-bond donors (Lipinski definition) is 0. The van der Waals surface area contributed by atoms with E-state index in [-0.39, 0.29) is 5.69 Å². The Morgan fingerprint density at radius 3 is 2.22 bits per heavy atom. The highest BCUT2D eigenvalue weighted by atomic mass is 32.2. The zero-order valence-electron chi connectivity index (χ0n) is 17.4. The molecule has 0 atom stereocenters. The highest BCUT2D eigenvalue weighted by molar-refractivity contribution is 7.98. The van der Waals surface area contributed by atoms with Crippen LogP contribution in [0.1, 0.15) is 16.8 Å². The molecule has 0 saturated carbocycles. The molecule has 0 radical (unpaired) electrons. The molecule has 2 heterocycles. The number of hydrogen-bond acceptors (Lipinski definition) is 5. The molecule has 2 aromatic heterocycles. The molecule has 0 saturated heterocycles. The molecule has 5 rings (SSSR count). The lowest BCUT2D eigenvalue weighted by Crippen LogP contribution is -2.01. The topological polar surface area (TPSA) is 67.4 Å². The second-order valence-corrected chi connectivity index (χ2v) is 8.33. The minimum Gasteiger partial charge on any atom is -0.271 e. The standard InChI is InChI=1S/C26H19N5S/c1-18-12-14-21(15-13-18)31-25-23(29-26(31)32-17-19-8-4-2-5-9-19)22(16-27)28-24(30-25)20-10-6-3-7-11-20/h2-15H,17H2,1H3. The van der Waals surface area contributed by atoms with Gasteiger partial charge in [-0.25, -0.2) is 15.0 Å². The van der Waals surface area contributed by atoms with Gasteiger partial charge in [-0.2, -0.15) is 5.26 Å². The number of aromatic nitrogens is 4. The largest absolute Gasteiger partial charge is 0.271 e. The normalized spacial score (nSPS) is 10.9. The van der Waals surface area contributed by atoms with Gasteiger partial charge in [0, 0.05) is 17.0 Å². The van der Waals surface area contributed by atoms with Crippen LogP contribution in [0.15, 0.2) is 90.1 Å². The fraction of sp³-hybridized carbons (Fsp3) is 0.0769. The molecule has 5 nitrogen and oxygen atoms in total. The van der Waals surface area contributed by atoms with Crippen LogP contribution in [0.3, 0.4) is 0 Å². The van der Waals surface area contributed by atoms with Gasteiger partial charge in [0.1, 0.15) is 11.6 Å². The van der Waals surface area contributed by atoms with Crippen LogP contribution >= 0.6 is 11.8 Å². The third kappa shape index (κ3) is 3.86. The van der Waals surface area contributed by atoms with Gasteiger partial charge in [0.2, 0.25) is 0 Å². The lowest BCUT2D eigenvalue weighted by atomic mass is 10.2. The summed E-state index contributed by atoms with van der Waals surface area (Å²) >= 11 is 1.62. The summed E-state index contributed by atoms with van der Waals surface area (Å²) in [6, 6.07) is 30.4. The SMILES string of the molecule is Cc1ccc(-n2c(SCc3ccccc3)nc3c(C#N)nc(-c4ccccc4)nc32)cc1. The van der Waals surface area contributed by atoms with Crippen LogP contribution < -0.4 is 0 Å². The first-order valence-electron chi connectivity index (χ1n) is 10.2. The van der Waals surface area contributed by atoms with Crippen LogP contribution in [0.25, 0.3) is 28.2 Å². The van der Waals surface area contributed by atoms with E-state index in [0.29, 0.717) is 17.0 Å². The Morgan fingerprint density at radius 2 is 1.53 bits per heavy atom. The molecule has 0 N–H and O–H groups in total. The Bertz CT molecular complexity index is 1420. The average Bonchev–Trinajstić information content (AvgIpc) is 3.22. The van der Waals surface area contributed by atoms with Gasteiger partial charge in [0.25, 0.3) is 0 Å². The number of aryl methyl sites for hydroxylation is 1. The third-order valence-corrected chi connectivity index (χ3v) is 6.13. The molecule has 0 amide bonds. The van der Waals surface area contributed by atoms with Crippen molar-refractivity contribution in [3.05, 3.63) is 102 Å². The first-order valence-corrected chi connectivity index (χ1v) is 11.2. The van der Waals surface area contributed by atoms with E-state index in [4.69, 9.17) is 9.97 Å². The number of fused-ring (bicyclic) bond motifs is 1. The van der Waals surface area contributed by atoms with Crippen molar-refractivity contribution in [3.8, 4) is 23.1 Å². The molecule has 3 aromatic carbocycles. The Kier molecular flexibility index (Phi) is 5.40. The molecule has 0 aliphatic rings.